The average Bonchev–Trinajstić information content (AvgIpc) is 2.25. The van der Waals surface area contributed by atoms with E-state index in [0.29, 0.717) is 11.4 Å². The molecule has 0 amide bonds. The number of hydrogen-bond donors (Lipinski definition) is 3. The zero-order valence-electron chi connectivity index (χ0n) is 9.19. The molecule has 0 aromatic heterocycles. The molecule has 0 saturated heterocycles. The summed E-state index contributed by atoms with van der Waals surface area (Å²) in [6.07, 6.45) is 3.02. The number of anilines is 2. The van der Waals surface area contributed by atoms with Gasteiger partial charge in [-0.2, -0.15) is 11.8 Å². The van der Waals surface area contributed by atoms with Crippen LogP contribution in [0.15, 0.2) is 18.2 Å². The predicted molar refractivity (Wildman–Crippen MR) is 69.3 cm³/mol. The first-order valence-corrected chi connectivity index (χ1v) is 6.40. The van der Waals surface area contributed by atoms with Crippen molar-refractivity contribution in [3.63, 3.8) is 0 Å². The molecule has 0 aliphatic rings. The molecule has 1 aromatic rings. The summed E-state index contributed by atoms with van der Waals surface area (Å²) >= 11 is 1.76. The lowest BCUT2D eigenvalue weighted by molar-refractivity contribution is 0.0698. The van der Waals surface area contributed by atoms with Crippen molar-refractivity contribution in [3.05, 3.63) is 23.8 Å². The second kappa shape index (κ2) is 6.27. The third-order valence-electron chi connectivity index (χ3n) is 2.15. The number of nitrogens with two attached hydrogens (primary N) is 1. The van der Waals surface area contributed by atoms with Crippen LogP contribution in [0.4, 0.5) is 11.4 Å². The van der Waals surface area contributed by atoms with Gasteiger partial charge in [0.05, 0.1) is 16.9 Å². The molecule has 4 nitrogen and oxygen atoms in total. The first kappa shape index (κ1) is 12.7. The van der Waals surface area contributed by atoms with Crippen molar-refractivity contribution < 1.29 is 9.90 Å². The molecule has 0 heterocycles. The number of para-hydroxylation sites is 1. The van der Waals surface area contributed by atoms with Gasteiger partial charge >= 0.3 is 5.97 Å². The van der Waals surface area contributed by atoms with Crippen LogP contribution in [0.5, 0.6) is 0 Å². The Morgan fingerprint density at radius 2 is 2.31 bits per heavy atom. The lowest BCUT2D eigenvalue weighted by atomic mass is 10.1. The molecule has 0 atom stereocenters. The summed E-state index contributed by atoms with van der Waals surface area (Å²) in [5, 5.41) is 12.1. The minimum absolute atomic E-state index is 0.226. The topological polar surface area (TPSA) is 75.3 Å². The summed E-state index contributed by atoms with van der Waals surface area (Å²) in [5.74, 6) is 0.0852. The number of nitrogen functional groups attached to an aromatic ring is 1. The van der Waals surface area contributed by atoms with Gasteiger partial charge in [0, 0.05) is 6.54 Å². The smallest absolute Gasteiger partial charge is 0.337 e. The number of carboxylic acid groups (broad SMARTS) is 1. The zero-order valence-corrected chi connectivity index (χ0v) is 10.0. The number of carbonyl (C=O) groups is 1. The van der Waals surface area contributed by atoms with E-state index in [1.54, 1.807) is 30.0 Å². The minimum Gasteiger partial charge on any atom is -0.478 e. The lowest BCUT2D eigenvalue weighted by Crippen LogP contribution is -2.10. The van der Waals surface area contributed by atoms with Crippen molar-refractivity contribution in [1.29, 1.82) is 0 Å². The Bertz CT molecular complexity index is 369. The van der Waals surface area contributed by atoms with E-state index in [9.17, 15) is 4.79 Å². The summed E-state index contributed by atoms with van der Waals surface area (Å²) in [4.78, 5) is 11.0. The molecule has 16 heavy (non-hydrogen) atoms. The molecule has 0 bridgehead atoms. The van der Waals surface area contributed by atoms with Crippen LogP contribution < -0.4 is 11.1 Å². The average molecular weight is 240 g/mol. The van der Waals surface area contributed by atoms with Crippen molar-refractivity contribution in [2.24, 2.45) is 0 Å². The number of nitrogens with one attached hydrogen (secondary N) is 1. The van der Waals surface area contributed by atoms with Gasteiger partial charge < -0.3 is 16.2 Å². The van der Waals surface area contributed by atoms with E-state index in [-0.39, 0.29) is 5.56 Å². The fourth-order valence-electron chi connectivity index (χ4n) is 1.38. The van der Waals surface area contributed by atoms with E-state index in [0.717, 1.165) is 18.7 Å². The van der Waals surface area contributed by atoms with E-state index in [4.69, 9.17) is 10.8 Å². The molecule has 0 spiro atoms. The van der Waals surface area contributed by atoms with Crippen molar-refractivity contribution in [1.82, 2.24) is 0 Å². The van der Waals surface area contributed by atoms with Gasteiger partial charge in [0.1, 0.15) is 0 Å². The fraction of sp³-hybridized carbons (Fsp3) is 0.364. The van der Waals surface area contributed by atoms with E-state index < -0.39 is 5.97 Å². The number of aromatic carboxylic acids is 1. The molecule has 0 saturated carbocycles. The number of rotatable bonds is 6. The SMILES string of the molecule is CSCCCNc1c(N)cccc1C(=O)O. The second-order valence-electron chi connectivity index (χ2n) is 3.35. The number of thioether (sulfide) groups is 1. The Hall–Kier alpha value is -1.36. The van der Waals surface area contributed by atoms with Crippen LogP contribution in [0.25, 0.3) is 0 Å². The highest BCUT2D eigenvalue weighted by Gasteiger charge is 2.11. The molecule has 5 heteroatoms. The zero-order chi connectivity index (χ0) is 12.0. The Kier molecular flexibility index (Phi) is 4.98. The predicted octanol–water partition coefficient (Wildman–Crippen LogP) is 2.13. The quantitative estimate of drug-likeness (QED) is 0.524. The van der Waals surface area contributed by atoms with Gasteiger partial charge in [-0.1, -0.05) is 6.07 Å². The van der Waals surface area contributed by atoms with E-state index in [1.807, 2.05) is 6.26 Å². The lowest BCUT2D eigenvalue weighted by Gasteiger charge is -2.11. The monoisotopic (exact) mass is 240 g/mol. The van der Waals surface area contributed by atoms with Gasteiger partial charge in [-0.15, -0.1) is 0 Å². The molecule has 4 N–H and O–H groups in total. The summed E-state index contributed by atoms with van der Waals surface area (Å²) in [6, 6.07) is 4.89. The highest BCUT2D eigenvalue weighted by Crippen LogP contribution is 2.23. The molecule has 0 aliphatic carbocycles. The minimum atomic E-state index is -0.959. The maximum Gasteiger partial charge on any atom is 0.337 e. The first-order chi connectivity index (χ1) is 7.66. The van der Waals surface area contributed by atoms with Crippen molar-refractivity contribution in [2.45, 2.75) is 6.42 Å². The molecule has 1 aromatic carbocycles. The molecule has 0 aliphatic heterocycles. The van der Waals surface area contributed by atoms with Crippen molar-refractivity contribution in [3.8, 4) is 0 Å². The van der Waals surface area contributed by atoms with Gasteiger partial charge in [-0.05, 0) is 30.6 Å². The highest BCUT2D eigenvalue weighted by molar-refractivity contribution is 7.98. The van der Waals surface area contributed by atoms with Crippen LogP contribution in [0.3, 0.4) is 0 Å². The molecule has 1 rings (SSSR count). The standard InChI is InChI=1S/C11H16N2O2S/c1-16-7-3-6-13-10-8(11(14)15)4-2-5-9(10)12/h2,4-5,13H,3,6-7,12H2,1H3,(H,14,15). The van der Waals surface area contributed by atoms with Crippen LogP contribution in [0, 0.1) is 0 Å². The molecular weight excluding hydrogens is 224 g/mol. The van der Waals surface area contributed by atoms with Gasteiger partial charge in [0.2, 0.25) is 0 Å². The molecule has 0 fully saturated rings. The van der Waals surface area contributed by atoms with Crippen molar-refractivity contribution in [2.75, 3.05) is 29.6 Å². The van der Waals surface area contributed by atoms with Crippen LogP contribution in [-0.4, -0.2) is 29.6 Å². The van der Waals surface area contributed by atoms with Crippen LogP contribution in [-0.2, 0) is 0 Å². The van der Waals surface area contributed by atoms with Gasteiger partial charge in [-0.3, -0.25) is 0 Å². The molecule has 88 valence electrons. The van der Waals surface area contributed by atoms with Crippen LogP contribution in [0.2, 0.25) is 0 Å². The Morgan fingerprint density at radius 3 is 2.94 bits per heavy atom. The Balaban J connectivity index is 2.73. The molecule has 0 unspecified atom stereocenters. The number of benzene rings is 1. The largest absolute Gasteiger partial charge is 0.478 e. The van der Waals surface area contributed by atoms with Gasteiger partial charge in [0.25, 0.3) is 0 Å². The molecule has 0 radical (unpaired) electrons. The van der Waals surface area contributed by atoms with E-state index >= 15 is 0 Å². The molecular formula is C11H16N2O2S. The summed E-state index contributed by atoms with van der Waals surface area (Å²) in [5.41, 5.74) is 6.97. The van der Waals surface area contributed by atoms with Gasteiger partial charge in [0.15, 0.2) is 0 Å². The van der Waals surface area contributed by atoms with Crippen LogP contribution >= 0.6 is 11.8 Å². The van der Waals surface area contributed by atoms with Crippen LogP contribution in [0.1, 0.15) is 16.8 Å². The third-order valence-corrected chi connectivity index (χ3v) is 2.85. The fourth-order valence-corrected chi connectivity index (χ4v) is 1.81. The normalized spacial score (nSPS) is 10.1. The number of hydrogen-bond acceptors (Lipinski definition) is 4. The third kappa shape index (κ3) is 3.34. The highest BCUT2D eigenvalue weighted by atomic mass is 32.2. The van der Waals surface area contributed by atoms with E-state index in [2.05, 4.69) is 5.32 Å². The van der Waals surface area contributed by atoms with Gasteiger partial charge in [-0.25, -0.2) is 4.79 Å². The Labute approximate surface area is 99.2 Å². The first-order valence-electron chi connectivity index (χ1n) is 5.01. The van der Waals surface area contributed by atoms with E-state index in [1.165, 1.54) is 0 Å². The van der Waals surface area contributed by atoms with Crippen molar-refractivity contribution >= 4 is 29.1 Å². The number of carboxylic acids is 1. The maximum atomic E-state index is 11.0. The second-order valence-corrected chi connectivity index (χ2v) is 4.33. The Morgan fingerprint density at radius 1 is 1.56 bits per heavy atom. The summed E-state index contributed by atoms with van der Waals surface area (Å²) in [6.45, 7) is 0.731. The summed E-state index contributed by atoms with van der Waals surface area (Å²) in [7, 11) is 0. The maximum absolute atomic E-state index is 11.0. The summed E-state index contributed by atoms with van der Waals surface area (Å²) < 4.78 is 0.